The lowest BCUT2D eigenvalue weighted by Crippen LogP contribution is -2.51. The van der Waals surface area contributed by atoms with Crippen LogP contribution in [0.3, 0.4) is 0 Å². The molecule has 0 radical (unpaired) electrons. The van der Waals surface area contributed by atoms with Gasteiger partial charge in [-0.05, 0) is 30.7 Å². The molecule has 0 aromatic heterocycles. The van der Waals surface area contributed by atoms with E-state index in [0.717, 1.165) is 39.3 Å². The monoisotopic (exact) mass is 298 g/mol. The van der Waals surface area contributed by atoms with E-state index in [1.807, 2.05) is 0 Å². The number of ether oxygens (including phenoxy) is 1. The highest BCUT2D eigenvalue weighted by Gasteiger charge is 2.35. The van der Waals surface area contributed by atoms with Gasteiger partial charge in [0.1, 0.15) is 0 Å². The molecule has 2 rings (SSSR count). The Morgan fingerprint density at radius 1 is 1.29 bits per heavy atom. The van der Waals surface area contributed by atoms with E-state index < -0.39 is 0 Å². The Hall–Kier alpha value is -0.160. The van der Waals surface area contributed by atoms with Crippen LogP contribution in [0.2, 0.25) is 0 Å². The summed E-state index contributed by atoms with van der Waals surface area (Å²) in [7, 11) is 0. The lowest BCUT2D eigenvalue weighted by Gasteiger charge is -2.43. The van der Waals surface area contributed by atoms with Crippen LogP contribution in [-0.4, -0.2) is 62.0 Å². The molecule has 2 fully saturated rings. The maximum atomic E-state index is 9.32. The molecule has 1 atom stereocenters. The average Bonchev–Trinajstić information content (AvgIpc) is 2.48. The molecule has 4 heteroatoms. The summed E-state index contributed by atoms with van der Waals surface area (Å²) in [6, 6.07) is 0. The first kappa shape index (κ1) is 17.2. The summed E-state index contributed by atoms with van der Waals surface area (Å²) in [5.41, 5.74) is 0.435. The summed E-state index contributed by atoms with van der Waals surface area (Å²) in [6.07, 6.45) is 6.85. The first-order chi connectivity index (χ1) is 10.1. The topological polar surface area (TPSA) is 44.7 Å². The third kappa shape index (κ3) is 5.51. The Bertz CT molecular complexity index is 291. The van der Waals surface area contributed by atoms with E-state index in [4.69, 9.17) is 4.74 Å². The molecule has 0 amide bonds. The number of aliphatic hydroxyl groups excluding tert-OH is 1. The minimum absolute atomic E-state index is 0.0167. The Kier molecular flexibility index (Phi) is 6.93. The van der Waals surface area contributed by atoms with E-state index in [1.54, 1.807) is 0 Å². The maximum absolute atomic E-state index is 9.32. The summed E-state index contributed by atoms with van der Waals surface area (Å²) in [5, 5.41) is 13.0. The van der Waals surface area contributed by atoms with E-state index >= 15 is 0 Å². The number of nitrogens with zero attached hydrogens (tertiary/aromatic N) is 1. The van der Waals surface area contributed by atoms with Gasteiger partial charge in [-0.15, -0.1) is 0 Å². The molecular formula is C17H34N2O2. The number of morpholine rings is 1. The summed E-state index contributed by atoms with van der Waals surface area (Å²) in [4.78, 5) is 2.52. The Labute approximate surface area is 130 Å². The van der Waals surface area contributed by atoms with E-state index in [-0.39, 0.29) is 12.7 Å². The van der Waals surface area contributed by atoms with E-state index in [1.165, 1.54) is 32.1 Å². The first-order valence-electron chi connectivity index (χ1n) is 8.79. The SMILES string of the molecule is CC(C)CNCC1(CN2CCOC(CO)C2)CCCCC1. The molecule has 1 unspecified atom stereocenters. The summed E-state index contributed by atoms with van der Waals surface area (Å²) >= 11 is 0. The van der Waals surface area contributed by atoms with Gasteiger partial charge in [-0.3, -0.25) is 4.90 Å². The van der Waals surface area contributed by atoms with Crippen molar-refractivity contribution < 1.29 is 9.84 Å². The van der Waals surface area contributed by atoms with Crippen LogP contribution in [0.5, 0.6) is 0 Å². The molecule has 0 bridgehead atoms. The highest BCUT2D eigenvalue weighted by Crippen LogP contribution is 2.37. The number of nitrogens with one attached hydrogen (secondary N) is 1. The zero-order valence-electron chi connectivity index (χ0n) is 13.9. The van der Waals surface area contributed by atoms with Crippen LogP contribution < -0.4 is 5.32 Å². The van der Waals surface area contributed by atoms with Gasteiger partial charge in [-0.25, -0.2) is 0 Å². The summed E-state index contributed by atoms with van der Waals surface area (Å²) in [5.74, 6) is 0.716. The molecule has 1 heterocycles. The Balaban J connectivity index is 1.88. The van der Waals surface area contributed by atoms with Gasteiger partial charge in [-0.2, -0.15) is 0 Å². The quantitative estimate of drug-likeness (QED) is 0.753. The van der Waals surface area contributed by atoms with Crippen LogP contribution in [0.1, 0.15) is 46.0 Å². The van der Waals surface area contributed by atoms with Gasteiger partial charge in [0.15, 0.2) is 0 Å². The first-order valence-corrected chi connectivity index (χ1v) is 8.79. The van der Waals surface area contributed by atoms with E-state index in [0.29, 0.717) is 11.3 Å². The summed E-state index contributed by atoms with van der Waals surface area (Å²) in [6.45, 7) is 10.8. The maximum Gasteiger partial charge on any atom is 0.0932 e. The van der Waals surface area contributed by atoms with Crippen molar-refractivity contribution in [1.82, 2.24) is 10.2 Å². The van der Waals surface area contributed by atoms with Crippen LogP contribution in [0.4, 0.5) is 0 Å². The van der Waals surface area contributed by atoms with Gasteiger partial charge in [0.05, 0.1) is 19.3 Å². The van der Waals surface area contributed by atoms with Gasteiger partial charge >= 0.3 is 0 Å². The predicted molar refractivity (Wildman–Crippen MR) is 86.5 cm³/mol. The van der Waals surface area contributed by atoms with Crippen molar-refractivity contribution in [1.29, 1.82) is 0 Å². The highest BCUT2D eigenvalue weighted by atomic mass is 16.5. The fourth-order valence-corrected chi connectivity index (χ4v) is 3.83. The lowest BCUT2D eigenvalue weighted by molar-refractivity contribution is -0.0655. The molecule has 1 aliphatic carbocycles. The highest BCUT2D eigenvalue weighted by molar-refractivity contribution is 4.89. The molecule has 1 aliphatic heterocycles. The Morgan fingerprint density at radius 3 is 2.71 bits per heavy atom. The normalized spacial score (nSPS) is 27.1. The molecule has 0 aromatic rings. The zero-order chi connectivity index (χ0) is 15.1. The molecule has 0 spiro atoms. The van der Waals surface area contributed by atoms with Crippen molar-refractivity contribution in [3.8, 4) is 0 Å². The van der Waals surface area contributed by atoms with Crippen molar-refractivity contribution in [2.24, 2.45) is 11.3 Å². The fraction of sp³-hybridized carbons (Fsp3) is 1.00. The second-order valence-corrected chi connectivity index (χ2v) is 7.50. The number of hydrogen-bond donors (Lipinski definition) is 2. The van der Waals surface area contributed by atoms with Crippen LogP contribution >= 0.6 is 0 Å². The van der Waals surface area contributed by atoms with Crippen molar-refractivity contribution in [2.75, 3.05) is 45.9 Å². The van der Waals surface area contributed by atoms with E-state index in [2.05, 4.69) is 24.1 Å². The molecule has 2 aliphatic rings. The summed E-state index contributed by atoms with van der Waals surface area (Å²) < 4.78 is 5.58. The average molecular weight is 298 g/mol. The number of aliphatic hydroxyl groups is 1. The lowest BCUT2D eigenvalue weighted by atomic mass is 9.73. The van der Waals surface area contributed by atoms with Crippen LogP contribution in [0.15, 0.2) is 0 Å². The Morgan fingerprint density at radius 2 is 2.05 bits per heavy atom. The van der Waals surface area contributed by atoms with Crippen LogP contribution in [0, 0.1) is 11.3 Å². The largest absolute Gasteiger partial charge is 0.394 e. The second kappa shape index (κ2) is 8.47. The fourth-order valence-electron chi connectivity index (χ4n) is 3.83. The predicted octanol–water partition coefficient (Wildman–Crippen LogP) is 1.88. The molecule has 124 valence electrons. The molecule has 1 saturated carbocycles. The van der Waals surface area contributed by atoms with Gasteiger partial charge in [0.25, 0.3) is 0 Å². The molecule has 2 N–H and O–H groups in total. The molecule has 1 saturated heterocycles. The zero-order valence-corrected chi connectivity index (χ0v) is 13.9. The van der Waals surface area contributed by atoms with Crippen molar-refractivity contribution in [3.63, 3.8) is 0 Å². The van der Waals surface area contributed by atoms with Crippen LogP contribution in [-0.2, 0) is 4.74 Å². The van der Waals surface area contributed by atoms with Crippen molar-refractivity contribution in [2.45, 2.75) is 52.1 Å². The molecule has 21 heavy (non-hydrogen) atoms. The third-order valence-electron chi connectivity index (χ3n) is 4.95. The van der Waals surface area contributed by atoms with Gasteiger partial charge < -0.3 is 15.2 Å². The second-order valence-electron chi connectivity index (χ2n) is 7.50. The molecular weight excluding hydrogens is 264 g/mol. The van der Waals surface area contributed by atoms with Gasteiger partial charge in [0, 0.05) is 26.2 Å². The third-order valence-corrected chi connectivity index (χ3v) is 4.95. The molecule has 4 nitrogen and oxygen atoms in total. The number of rotatable bonds is 7. The molecule has 0 aromatic carbocycles. The van der Waals surface area contributed by atoms with Gasteiger partial charge in [-0.1, -0.05) is 33.1 Å². The smallest absolute Gasteiger partial charge is 0.0932 e. The van der Waals surface area contributed by atoms with Crippen molar-refractivity contribution >= 4 is 0 Å². The van der Waals surface area contributed by atoms with Crippen LogP contribution in [0.25, 0.3) is 0 Å². The van der Waals surface area contributed by atoms with Crippen molar-refractivity contribution in [3.05, 3.63) is 0 Å². The standard InChI is InChI=1S/C17H34N2O2/c1-15(2)10-18-13-17(6-4-3-5-7-17)14-19-8-9-21-16(11-19)12-20/h15-16,18,20H,3-14H2,1-2H3. The minimum Gasteiger partial charge on any atom is -0.394 e. The minimum atomic E-state index is 0.0167. The van der Waals surface area contributed by atoms with Gasteiger partial charge in [0.2, 0.25) is 0 Å². The number of hydrogen-bond acceptors (Lipinski definition) is 4. The van der Waals surface area contributed by atoms with E-state index in [9.17, 15) is 5.11 Å².